The van der Waals surface area contributed by atoms with Gasteiger partial charge in [-0.1, -0.05) is 13.3 Å². The van der Waals surface area contributed by atoms with Crippen molar-refractivity contribution in [1.29, 1.82) is 0 Å². The van der Waals surface area contributed by atoms with Gasteiger partial charge in [0.25, 0.3) is 0 Å². The van der Waals surface area contributed by atoms with E-state index in [4.69, 9.17) is 5.11 Å². The second-order valence-corrected chi connectivity index (χ2v) is 6.33. The molecule has 0 aliphatic rings. The van der Waals surface area contributed by atoms with Crippen LogP contribution in [0.2, 0.25) is 0 Å². The molecule has 0 amide bonds. The molecule has 0 aromatic rings. The molecule has 0 aromatic heterocycles. The number of sulfone groups is 1. The summed E-state index contributed by atoms with van der Waals surface area (Å²) >= 11 is 0. The van der Waals surface area contributed by atoms with E-state index in [1.165, 1.54) is 0 Å². The van der Waals surface area contributed by atoms with Gasteiger partial charge in [0.1, 0.15) is 0 Å². The maximum absolute atomic E-state index is 11.5. The zero-order valence-electron chi connectivity index (χ0n) is 9.40. The Balaban J connectivity index is 3.72. The Hall–Kier alpha value is -0.580. The number of aliphatic carboxylic acids is 1. The van der Waals surface area contributed by atoms with E-state index < -0.39 is 15.8 Å². The Kier molecular flexibility index (Phi) is 6.56. The highest BCUT2D eigenvalue weighted by Crippen LogP contribution is 2.10. The number of hydrogen-bond acceptors (Lipinski definition) is 3. The third-order valence-electron chi connectivity index (χ3n) is 2.51. The fraction of sp³-hybridized carbons (Fsp3) is 0.900. The first-order valence-electron chi connectivity index (χ1n) is 5.33. The topological polar surface area (TPSA) is 71.4 Å². The molecular formula is C10H20O4S. The average Bonchev–Trinajstić information content (AvgIpc) is 2.15. The van der Waals surface area contributed by atoms with Crippen molar-refractivity contribution in [3.63, 3.8) is 0 Å². The quantitative estimate of drug-likeness (QED) is 0.653. The van der Waals surface area contributed by atoms with Crippen molar-refractivity contribution in [3.8, 4) is 0 Å². The molecule has 0 aromatic carbocycles. The van der Waals surface area contributed by atoms with E-state index in [0.717, 1.165) is 0 Å². The lowest BCUT2D eigenvalue weighted by Crippen LogP contribution is -2.20. The molecule has 5 heteroatoms. The van der Waals surface area contributed by atoms with Crippen LogP contribution in [0.3, 0.4) is 0 Å². The minimum absolute atomic E-state index is 0.128. The Morgan fingerprint density at radius 3 is 2.33 bits per heavy atom. The number of unbranched alkanes of at least 4 members (excludes halogenated alkanes) is 2. The van der Waals surface area contributed by atoms with E-state index in [2.05, 4.69) is 0 Å². The minimum Gasteiger partial charge on any atom is -0.481 e. The molecule has 1 N–H and O–H groups in total. The van der Waals surface area contributed by atoms with Crippen molar-refractivity contribution in [2.45, 2.75) is 51.2 Å². The van der Waals surface area contributed by atoms with Gasteiger partial charge in [-0.2, -0.15) is 0 Å². The summed E-state index contributed by atoms with van der Waals surface area (Å²) in [5, 5.41) is 8.10. The van der Waals surface area contributed by atoms with Gasteiger partial charge in [-0.15, -0.1) is 0 Å². The van der Waals surface area contributed by atoms with Crippen molar-refractivity contribution in [2.75, 3.05) is 5.75 Å². The molecule has 0 spiro atoms. The van der Waals surface area contributed by atoms with Crippen LogP contribution >= 0.6 is 0 Å². The number of carbonyl (C=O) groups is 1. The molecule has 0 saturated carbocycles. The summed E-state index contributed by atoms with van der Waals surface area (Å²) in [7, 11) is -2.96. The zero-order chi connectivity index (χ0) is 11.9. The smallest absolute Gasteiger partial charge is 0.303 e. The molecule has 0 bridgehead atoms. The van der Waals surface area contributed by atoms with Crippen molar-refractivity contribution in [3.05, 3.63) is 0 Å². The minimum atomic E-state index is -2.96. The first kappa shape index (κ1) is 14.4. The van der Waals surface area contributed by atoms with E-state index >= 15 is 0 Å². The van der Waals surface area contributed by atoms with Gasteiger partial charge in [-0.05, 0) is 26.2 Å². The lowest BCUT2D eigenvalue weighted by atomic mass is 10.2. The number of carboxylic acid groups (broad SMARTS) is 1. The number of carboxylic acids is 1. The molecule has 1 atom stereocenters. The third kappa shape index (κ3) is 6.49. The van der Waals surface area contributed by atoms with Crippen LogP contribution in [0.1, 0.15) is 46.0 Å². The van der Waals surface area contributed by atoms with Crippen LogP contribution in [0.5, 0.6) is 0 Å². The highest BCUT2D eigenvalue weighted by Gasteiger charge is 2.17. The first-order valence-corrected chi connectivity index (χ1v) is 7.05. The molecule has 0 rings (SSSR count). The van der Waals surface area contributed by atoms with Crippen LogP contribution in [0.4, 0.5) is 0 Å². The average molecular weight is 236 g/mol. The molecule has 0 saturated heterocycles. The highest BCUT2D eigenvalue weighted by molar-refractivity contribution is 7.91. The van der Waals surface area contributed by atoms with Gasteiger partial charge >= 0.3 is 5.97 Å². The van der Waals surface area contributed by atoms with Gasteiger partial charge in [0.05, 0.1) is 11.0 Å². The Morgan fingerprint density at radius 2 is 1.87 bits per heavy atom. The molecule has 1 unspecified atom stereocenters. The monoisotopic (exact) mass is 236 g/mol. The molecule has 0 aliphatic heterocycles. The van der Waals surface area contributed by atoms with E-state index in [0.29, 0.717) is 25.7 Å². The SMILES string of the molecule is CCC(C)S(=O)(=O)CCCCCC(=O)O. The summed E-state index contributed by atoms with van der Waals surface area (Å²) in [6, 6.07) is 0. The second kappa shape index (κ2) is 6.82. The van der Waals surface area contributed by atoms with Crippen LogP contribution in [-0.2, 0) is 14.6 Å². The molecule has 4 nitrogen and oxygen atoms in total. The Bertz CT molecular complexity index is 282. The second-order valence-electron chi connectivity index (χ2n) is 3.79. The molecule has 0 heterocycles. The predicted molar refractivity (Wildman–Crippen MR) is 59.6 cm³/mol. The summed E-state index contributed by atoms with van der Waals surface area (Å²) in [6.45, 7) is 3.57. The first-order chi connectivity index (χ1) is 6.90. The summed E-state index contributed by atoms with van der Waals surface area (Å²) in [4.78, 5) is 10.2. The van der Waals surface area contributed by atoms with Gasteiger partial charge in [0.15, 0.2) is 9.84 Å². The lowest BCUT2D eigenvalue weighted by Gasteiger charge is -2.09. The van der Waals surface area contributed by atoms with Gasteiger partial charge in [0.2, 0.25) is 0 Å². The molecular weight excluding hydrogens is 216 g/mol. The van der Waals surface area contributed by atoms with Crippen molar-refractivity contribution >= 4 is 15.8 Å². The van der Waals surface area contributed by atoms with E-state index in [1.807, 2.05) is 6.92 Å². The standard InChI is InChI=1S/C10H20O4S/c1-3-9(2)15(13,14)8-6-4-5-7-10(11)12/h9H,3-8H2,1-2H3,(H,11,12). The van der Waals surface area contributed by atoms with Crippen LogP contribution < -0.4 is 0 Å². The van der Waals surface area contributed by atoms with Crippen molar-refractivity contribution in [1.82, 2.24) is 0 Å². The van der Waals surface area contributed by atoms with Crippen LogP contribution in [0.15, 0.2) is 0 Å². The van der Waals surface area contributed by atoms with E-state index in [1.54, 1.807) is 6.92 Å². The Morgan fingerprint density at radius 1 is 1.27 bits per heavy atom. The molecule has 0 radical (unpaired) electrons. The normalized spacial score (nSPS) is 13.7. The Labute approximate surface area is 91.6 Å². The molecule has 15 heavy (non-hydrogen) atoms. The molecule has 90 valence electrons. The maximum Gasteiger partial charge on any atom is 0.303 e. The van der Waals surface area contributed by atoms with Gasteiger partial charge in [-0.3, -0.25) is 4.79 Å². The summed E-state index contributed by atoms with van der Waals surface area (Å²) in [6.07, 6.45) is 2.56. The van der Waals surface area contributed by atoms with Gasteiger partial charge < -0.3 is 5.11 Å². The largest absolute Gasteiger partial charge is 0.481 e. The summed E-state index contributed by atoms with van der Waals surface area (Å²) < 4.78 is 23.1. The van der Waals surface area contributed by atoms with Crippen molar-refractivity contribution in [2.24, 2.45) is 0 Å². The van der Waals surface area contributed by atoms with Gasteiger partial charge in [0, 0.05) is 6.42 Å². The molecule has 0 aliphatic carbocycles. The van der Waals surface area contributed by atoms with Crippen LogP contribution in [-0.4, -0.2) is 30.5 Å². The van der Waals surface area contributed by atoms with E-state index in [-0.39, 0.29) is 17.4 Å². The molecule has 0 fully saturated rings. The maximum atomic E-state index is 11.5. The van der Waals surface area contributed by atoms with Crippen LogP contribution in [0, 0.1) is 0 Å². The summed E-state index contributed by atoms with van der Waals surface area (Å²) in [5.74, 6) is -0.637. The van der Waals surface area contributed by atoms with Gasteiger partial charge in [-0.25, -0.2) is 8.42 Å². The fourth-order valence-corrected chi connectivity index (χ4v) is 2.73. The zero-order valence-corrected chi connectivity index (χ0v) is 10.2. The van der Waals surface area contributed by atoms with E-state index in [9.17, 15) is 13.2 Å². The van der Waals surface area contributed by atoms with Crippen molar-refractivity contribution < 1.29 is 18.3 Å². The number of hydrogen-bond donors (Lipinski definition) is 1. The lowest BCUT2D eigenvalue weighted by molar-refractivity contribution is -0.137. The third-order valence-corrected chi connectivity index (χ3v) is 4.92. The number of rotatable bonds is 8. The summed E-state index contributed by atoms with van der Waals surface area (Å²) in [5.41, 5.74) is 0. The predicted octanol–water partition coefficient (Wildman–Crippen LogP) is 1.84. The van der Waals surface area contributed by atoms with Crippen LogP contribution in [0.25, 0.3) is 0 Å². The fourth-order valence-electron chi connectivity index (χ4n) is 1.21. The highest BCUT2D eigenvalue weighted by atomic mass is 32.2.